The number of para-hydroxylation sites is 1. The highest BCUT2D eigenvalue weighted by Gasteiger charge is 2.15. The maximum Gasteiger partial charge on any atom is 0.255 e. The number of methoxy groups -OCH3 is 2. The standard InChI is InChI=1S/C20H25NO3/c1-14(2)16-10-8-15(9-11-16)12-13-21-20(22)17-6-5-7-18(23-3)19(17)24-4/h5-11,14H,12-13H2,1-4H3,(H,21,22). The van der Waals surface area contributed by atoms with E-state index >= 15 is 0 Å². The van der Waals surface area contributed by atoms with Gasteiger partial charge in [-0.05, 0) is 35.6 Å². The molecule has 0 atom stereocenters. The summed E-state index contributed by atoms with van der Waals surface area (Å²) in [5.41, 5.74) is 3.01. The zero-order valence-corrected chi connectivity index (χ0v) is 14.8. The Morgan fingerprint density at radius 1 is 1.04 bits per heavy atom. The van der Waals surface area contributed by atoms with Gasteiger partial charge in [-0.25, -0.2) is 0 Å². The predicted octanol–water partition coefficient (Wildman–Crippen LogP) is 3.80. The molecule has 0 aliphatic carbocycles. The Kier molecular flexibility index (Phi) is 6.24. The van der Waals surface area contributed by atoms with Crippen LogP contribution < -0.4 is 14.8 Å². The number of rotatable bonds is 7. The summed E-state index contributed by atoms with van der Waals surface area (Å²) in [6.45, 7) is 4.92. The zero-order valence-electron chi connectivity index (χ0n) is 14.8. The number of benzene rings is 2. The molecule has 0 aromatic heterocycles. The average Bonchev–Trinajstić information content (AvgIpc) is 2.61. The van der Waals surface area contributed by atoms with Crippen molar-refractivity contribution in [3.05, 3.63) is 59.2 Å². The molecule has 2 rings (SSSR count). The fourth-order valence-corrected chi connectivity index (χ4v) is 2.55. The molecule has 4 nitrogen and oxygen atoms in total. The normalized spacial score (nSPS) is 10.5. The summed E-state index contributed by atoms with van der Waals surface area (Å²) in [5.74, 6) is 1.37. The van der Waals surface area contributed by atoms with Crippen LogP contribution in [-0.2, 0) is 6.42 Å². The Hall–Kier alpha value is -2.49. The third kappa shape index (κ3) is 4.28. The van der Waals surface area contributed by atoms with E-state index in [4.69, 9.17) is 9.47 Å². The van der Waals surface area contributed by atoms with Gasteiger partial charge in [-0.2, -0.15) is 0 Å². The Bertz CT molecular complexity index is 678. The predicted molar refractivity (Wildman–Crippen MR) is 96.1 cm³/mol. The Labute approximate surface area is 143 Å². The molecule has 0 saturated heterocycles. The summed E-state index contributed by atoms with van der Waals surface area (Å²) < 4.78 is 10.5. The summed E-state index contributed by atoms with van der Waals surface area (Å²) in [6, 6.07) is 13.8. The van der Waals surface area contributed by atoms with Crippen molar-refractivity contribution in [2.45, 2.75) is 26.2 Å². The lowest BCUT2D eigenvalue weighted by molar-refractivity contribution is 0.0950. The molecule has 0 saturated carbocycles. The molecule has 0 bridgehead atoms. The highest BCUT2D eigenvalue weighted by atomic mass is 16.5. The lowest BCUT2D eigenvalue weighted by atomic mass is 10.0. The van der Waals surface area contributed by atoms with Gasteiger partial charge >= 0.3 is 0 Å². The molecule has 0 aliphatic rings. The third-order valence-electron chi connectivity index (χ3n) is 3.99. The van der Waals surface area contributed by atoms with Crippen LogP contribution in [0.1, 0.15) is 41.3 Å². The van der Waals surface area contributed by atoms with Crippen LogP contribution in [0.25, 0.3) is 0 Å². The molecule has 0 unspecified atom stereocenters. The van der Waals surface area contributed by atoms with Crippen LogP contribution in [0.15, 0.2) is 42.5 Å². The first-order valence-electron chi connectivity index (χ1n) is 8.14. The van der Waals surface area contributed by atoms with Gasteiger partial charge in [0.1, 0.15) is 0 Å². The topological polar surface area (TPSA) is 47.6 Å². The second-order valence-electron chi connectivity index (χ2n) is 5.94. The van der Waals surface area contributed by atoms with Gasteiger partial charge in [-0.15, -0.1) is 0 Å². The van der Waals surface area contributed by atoms with Crippen LogP contribution >= 0.6 is 0 Å². The molecule has 0 fully saturated rings. The van der Waals surface area contributed by atoms with Crippen molar-refractivity contribution in [3.8, 4) is 11.5 Å². The van der Waals surface area contributed by atoms with Crippen molar-refractivity contribution in [1.82, 2.24) is 5.32 Å². The lowest BCUT2D eigenvalue weighted by Gasteiger charge is -2.12. The summed E-state index contributed by atoms with van der Waals surface area (Å²) in [4.78, 5) is 12.4. The Morgan fingerprint density at radius 3 is 2.33 bits per heavy atom. The minimum Gasteiger partial charge on any atom is -0.493 e. The third-order valence-corrected chi connectivity index (χ3v) is 3.99. The SMILES string of the molecule is COc1cccc(C(=O)NCCc2ccc(C(C)C)cc2)c1OC. The summed E-state index contributed by atoms with van der Waals surface area (Å²) >= 11 is 0. The smallest absolute Gasteiger partial charge is 0.255 e. The van der Waals surface area contributed by atoms with Crippen LogP contribution in [0.5, 0.6) is 11.5 Å². The summed E-state index contributed by atoms with van der Waals surface area (Å²) in [6.07, 6.45) is 0.788. The first kappa shape index (κ1) is 17.9. The van der Waals surface area contributed by atoms with Crippen LogP contribution in [-0.4, -0.2) is 26.7 Å². The highest BCUT2D eigenvalue weighted by molar-refractivity contribution is 5.97. The molecule has 2 aromatic carbocycles. The van der Waals surface area contributed by atoms with Crippen molar-refractivity contribution < 1.29 is 14.3 Å². The van der Waals surface area contributed by atoms with Crippen molar-refractivity contribution in [2.75, 3.05) is 20.8 Å². The van der Waals surface area contributed by atoms with Gasteiger partial charge in [0.15, 0.2) is 11.5 Å². The number of hydrogen-bond acceptors (Lipinski definition) is 3. The maximum absolute atomic E-state index is 12.4. The van der Waals surface area contributed by atoms with Gasteiger partial charge in [-0.3, -0.25) is 4.79 Å². The molecule has 0 radical (unpaired) electrons. The quantitative estimate of drug-likeness (QED) is 0.841. The average molecular weight is 327 g/mol. The first-order chi connectivity index (χ1) is 11.6. The second kappa shape index (κ2) is 8.39. The molecule has 0 spiro atoms. The van der Waals surface area contributed by atoms with Gasteiger partial charge in [-0.1, -0.05) is 44.2 Å². The van der Waals surface area contributed by atoms with E-state index in [9.17, 15) is 4.79 Å². The van der Waals surface area contributed by atoms with Crippen LogP contribution in [0.2, 0.25) is 0 Å². The van der Waals surface area contributed by atoms with Crippen LogP contribution in [0.4, 0.5) is 0 Å². The van der Waals surface area contributed by atoms with Gasteiger partial charge in [0, 0.05) is 6.54 Å². The minimum absolute atomic E-state index is 0.162. The van der Waals surface area contributed by atoms with Gasteiger partial charge in [0.2, 0.25) is 0 Å². The van der Waals surface area contributed by atoms with Gasteiger partial charge in [0.25, 0.3) is 5.91 Å². The van der Waals surface area contributed by atoms with E-state index in [0.717, 1.165) is 6.42 Å². The second-order valence-corrected chi connectivity index (χ2v) is 5.94. The van der Waals surface area contributed by atoms with Gasteiger partial charge < -0.3 is 14.8 Å². The van der Waals surface area contributed by atoms with Crippen LogP contribution in [0.3, 0.4) is 0 Å². The highest BCUT2D eigenvalue weighted by Crippen LogP contribution is 2.30. The minimum atomic E-state index is -0.162. The van der Waals surface area contributed by atoms with E-state index < -0.39 is 0 Å². The molecule has 0 heterocycles. The van der Waals surface area contributed by atoms with Crippen molar-refractivity contribution >= 4 is 5.91 Å². The molecule has 4 heteroatoms. The van der Waals surface area contributed by atoms with E-state index in [0.29, 0.717) is 29.5 Å². The number of amides is 1. The van der Waals surface area contributed by atoms with Crippen molar-refractivity contribution in [2.24, 2.45) is 0 Å². The molecule has 128 valence electrons. The molecule has 0 aliphatic heterocycles. The number of carbonyl (C=O) groups excluding carboxylic acids is 1. The lowest BCUT2D eigenvalue weighted by Crippen LogP contribution is -2.26. The van der Waals surface area contributed by atoms with E-state index in [-0.39, 0.29) is 5.91 Å². The van der Waals surface area contributed by atoms with Crippen molar-refractivity contribution in [1.29, 1.82) is 0 Å². The molecule has 1 amide bonds. The summed E-state index contributed by atoms with van der Waals surface area (Å²) in [5, 5.41) is 2.94. The zero-order chi connectivity index (χ0) is 17.5. The van der Waals surface area contributed by atoms with Crippen LogP contribution in [0, 0.1) is 0 Å². The summed E-state index contributed by atoms with van der Waals surface area (Å²) in [7, 11) is 3.09. The Balaban J connectivity index is 1.96. The molecule has 1 N–H and O–H groups in total. The molecule has 2 aromatic rings. The van der Waals surface area contributed by atoms with E-state index in [1.54, 1.807) is 25.3 Å². The van der Waals surface area contributed by atoms with E-state index in [1.807, 2.05) is 0 Å². The number of ether oxygens (including phenoxy) is 2. The number of nitrogens with one attached hydrogen (secondary N) is 1. The number of carbonyl (C=O) groups is 1. The maximum atomic E-state index is 12.4. The molecular weight excluding hydrogens is 302 g/mol. The largest absolute Gasteiger partial charge is 0.493 e. The van der Waals surface area contributed by atoms with E-state index in [2.05, 4.69) is 43.4 Å². The first-order valence-corrected chi connectivity index (χ1v) is 8.14. The molecule has 24 heavy (non-hydrogen) atoms. The fraction of sp³-hybridized carbons (Fsp3) is 0.350. The molecular formula is C20H25NO3. The fourth-order valence-electron chi connectivity index (χ4n) is 2.55. The Morgan fingerprint density at radius 2 is 1.75 bits per heavy atom. The number of hydrogen-bond donors (Lipinski definition) is 1. The monoisotopic (exact) mass is 327 g/mol. The van der Waals surface area contributed by atoms with Gasteiger partial charge in [0.05, 0.1) is 19.8 Å². The van der Waals surface area contributed by atoms with Crippen molar-refractivity contribution in [3.63, 3.8) is 0 Å². The van der Waals surface area contributed by atoms with E-state index in [1.165, 1.54) is 18.2 Å².